The van der Waals surface area contributed by atoms with Crippen LogP contribution in [0.15, 0.2) is 91.0 Å². The maximum atomic E-state index is 13.9. The van der Waals surface area contributed by atoms with E-state index in [0.717, 1.165) is 28.8 Å². The molecule has 1 fully saturated rings. The lowest BCUT2D eigenvalue weighted by Gasteiger charge is -2.45. The van der Waals surface area contributed by atoms with Crippen LogP contribution in [0, 0.1) is 0 Å². The molecule has 0 saturated carbocycles. The zero-order valence-corrected chi connectivity index (χ0v) is 25.7. The summed E-state index contributed by atoms with van der Waals surface area (Å²) in [5.41, 5.74) is 0.877. The van der Waals surface area contributed by atoms with Gasteiger partial charge in [-0.3, -0.25) is 9.59 Å². The Labute approximate surface area is 249 Å². The number of amides is 3. The third-order valence-corrected chi connectivity index (χ3v) is 12.4. The van der Waals surface area contributed by atoms with Gasteiger partial charge in [-0.25, -0.2) is 9.86 Å². The predicted molar refractivity (Wildman–Crippen MR) is 165 cm³/mol. The molecule has 3 amide bonds. The van der Waals surface area contributed by atoms with E-state index in [1.807, 2.05) is 66.7 Å². The molecule has 8 nitrogen and oxygen atoms in total. The minimum Gasteiger partial charge on any atom is -0.445 e. The molecule has 1 heterocycles. The van der Waals surface area contributed by atoms with Crippen LogP contribution in [0.4, 0.5) is 4.79 Å². The van der Waals surface area contributed by atoms with Gasteiger partial charge in [0.25, 0.3) is 14.2 Å². The lowest BCUT2D eigenvalue weighted by molar-refractivity contribution is -0.161. The van der Waals surface area contributed by atoms with Crippen molar-refractivity contribution in [2.45, 2.75) is 64.1 Å². The number of hydrogen-bond donors (Lipinski definition) is 2. The van der Waals surface area contributed by atoms with E-state index in [1.165, 1.54) is 5.06 Å². The fourth-order valence-electron chi connectivity index (χ4n) is 5.34. The monoisotopic (exact) mass is 587 g/mol. The van der Waals surface area contributed by atoms with Crippen molar-refractivity contribution in [3.63, 3.8) is 0 Å². The molecule has 1 aliphatic rings. The number of nitrogens with zero attached hydrogens (tertiary/aromatic N) is 1. The van der Waals surface area contributed by atoms with Gasteiger partial charge in [-0.15, -0.1) is 0 Å². The normalized spacial score (nSPS) is 15.9. The third kappa shape index (κ3) is 7.66. The molecule has 0 bridgehead atoms. The topological polar surface area (TPSA) is 97.0 Å². The molecule has 42 heavy (non-hydrogen) atoms. The summed E-state index contributed by atoms with van der Waals surface area (Å²) >= 11 is 0. The summed E-state index contributed by atoms with van der Waals surface area (Å²) < 4.78 is 12.2. The Morgan fingerprint density at radius 2 is 1.45 bits per heavy atom. The lowest BCUT2D eigenvalue weighted by Crippen LogP contribution is -2.69. The Kier molecular flexibility index (Phi) is 10.5. The van der Waals surface area contributed by atoms with Crippen molar-refractivity contribution in [1.29, 1.82) is 0 Å². The number of ether oxygens (including phenoxy) is 1. The summed E-state index contributed by atoms with van der Waals surface area (Å²) in [6, 6.07) is 29.0. The highest BCUT2D eigenvalue weighted by molar-refractivity contribution is 6.99. The minimum atomic E-state index is -3.01. The molecule has 1 saturated heterocycles. The largest absolute Gasteiger partial charge is 0.445 e. The standard InChI is InChI=1S/C33H41N3O5Si/c1-33(2,3)42(27-17-9-5-10-18-27,28-19-11-6-12-20-28)41-36-24-14-13-21-29(31(36)38)35-30(37)22-23-34-32(39)40-25-26-15-7-4-8-16-26/h4-12,15-20,29H,13-14,21-25H2,1-3H3,(H,34,39)(H,35,37)/t29-/m0/s1. The number of hydrogen-bond acceptors (Lipinski definition) is 5. The first-order valence-electron chi connectivity index (χ1n) is 14.6. The van der Waals surface area contributed by atoms with Crippen LogP contribution < -0.4 is 21.0 Å². The fourth-order valence-corrected chi connectivity index (χ4v) is 9.73. The van der Waals surface area contributed by atoms with Gasteiger partial charge in [-0.1, -0.05) is 112 Å². The van der Waals surface area contributed by atoms with Crippen molar-refractivity contribution in [2.24, 2.45) is 0 Å². The second kappa shape index (κ2) is 14.3. The highest BCUT2D eigenvalue weighted by atomic mass is 28.4. The van der Waals surface area contributed by atoms with Gasteiger partial charge < -0.3 is 19.9 Å². The molecule has 1 aliphatic heterocycles. The Morgan fingerprint density at radius 3 is 2.02 bits per heavy atom. The summed E-state index contributed by atoms with van der Waals surface area (Å²) in [5.74, 6) is -0.562. The Bertz CT molecular complexity index is 1280. The van der Waals surface area contributed by atoms with Gasteiger partial charge >= 0.3 is 6.09 Å². The van der Waals surface area contributed by atoms with Gasteiger partial charge in [-0.2, -0.15) is 0 Å². The molecule has 2 N–H and O–H groups in total. The van der Waals surface area contributed by atoms with Crippen molar-refractivity contribution in [3.8, 4) is 0 Å². The molecule has 0 spiro atoms. The Morgan fingerprint density at radius 1 is 0.881 bits per heavy atom. The Hall–Kier alpha value is -3.95. The Balaban J connectivity index is 1.42. The van der Waals surface area contributed by atoms with Crippen LogP contribution in [-0.4, -0.2) is 50.4 Å². The quantitative estimate of drug-likeness (QED) is 0.345. The van der Waals surface area contributed by atoms with Crippen LogP contribution in [0.2, 0.25) is 5.04 Å². The van der Waals surface area contributed by atoms with E-state index in [0.29, 0.717) is 13.0 Å². The summed E-state index contributed by atoms with van der Waals surface area (Å²) in [6.07, 6.45) is 1.51. The number of carbonyl (C=O) groups excluding carboxylic acids is 3. The molecule has 1 atom stereocenters. The predicted octanol–water partition coefficient (Wildman–Crippen LogP) is 4.29. The number of benzene rings is 3. The highest BCUT2D eigenvalue weighted by Gasteiger charge is 2.53. The molecular weight excluding hydrogens is 546 g/mol. The zero-order valence-electron chi connectivity index (χ0n) is 24.7. The van der Waals surface area contributed by atoms with Crippen LogP contribution >= 0.6 is 0 Å². The molecule has 0 unspecified atom stereocenters. The molecule has 4 rings (SSSR count). The summed E-state index contributed by atoms with van der Waals surface area (Å²) in [4.78, 5) is 38.7. The number of rotatable bonds is 10. The maximum absolute atomic E-state index is 13.9. The van der Waals surface area contributed by atoms with Crippen LogP contribution in [0.3, 0.4) is 0 Å². The molecule has 3 aromatic carbocycles. The first-order valence-corrected chi connectivity index (χ1v) is 16.5. The summed E-state index contributed by atoms with van der Waals surface area (Å²) in [7, 11) is -3.01. The number of hydroxylamine groups is 2. The SMILES string of the molecule is CC(C)(C)[Si](ON1CCCC[C@H](NC(=O)CCNC(=O)OCc2ccccc2)C1=O)(c1ccccc1)c1ccccc1. The van der Waals surface area contributed by atoms with Crippen LogP contribution in [0.5, 0.6) is 0 Å². The van der Waals surface area contributed by atoms with Crippen molar-refractivity contribution in [2.75, 3.05) is 13.1 Å². The lowest BCUT2D eigenvalue weighted by atomic mass is 10.1. The van der Waals surface area contributed by atoms with Gasteiger partial charge in [0.05, 0.1) is 0 Å². The van der Waals surface area contributed by atoms with Crippen LogP contribution in [0.25, 0.3) is 0 Å². The van der Waals surface area contributed by atoms with Crippen LogP contribution in [-0.2, 0) is 25.5 Å². The van der Waals surface area contributed by atoms with Crippen molar-refractivity contribution in [1.82, 2.24) is 15.7 Å². The van der Waals surface area contributed by atoms with Crippen molar-refractivity contribution in [3.05, 3.63) is 96.6 Å². The van der Waals surface area contributed by atoms with E-state index in [2.05, 4.69) is 55.7 Å². The molecule has 0 aliphatic carbocycles. The van der Waals surface area contributed by atoms with E-state index < -0.39 is 20.5 Å². The molecule has 222 valence electrons. The summed E-state index contributed by atoms with van der Waals surface area (Å²) in [6.45, 7) is 7.19. The van der Waals surface area contributed by atoms with E-state index in [4.69, 9.17) is 9.26 Å². The van der Waals surface area contributed by atoms with Crippen molar-refractivity contribution < 1.29 is 23.6 Å². The zero-order chi connectivity index (χ0) is 30.0. The highest BCUT2D eigenvalue weighted by Crippen LogP contribution is 2.37. The molecule has 3 aromatic rings. The van der Waals surface area contributed by atoms with E-state index in [1.54, 1.807) is 0 Å². The van der Waals surface area contributed by atoms with E-state index in [-0.39, 0.29) is 36.4 Å². The molecule has 0 aromatic heterocycles. The average molecular weight is 588 g/mol. The van der Waals surface area contributed by atoms with Gasteiger partial charge in [0.1, 0.15) is 12.6 Å². The summed E-state index contributed by atoms with van der Waals surface area (Å²) in [5, 5.41) is 8.84. The molecule has 0 radical (unpaired) electrons. The van der Waals surface area contributed by atoms with Gasteiger partial charge in [0, 0.05) is 19.5 Å². The minimum absolute atomic E-state index is 0.0276. The maximum Gasteiger partial charge on any atom is 0.407 e. The molecular formula is C33H41N3O5Si. The smallest absolute Gasteiger partial charge is 0.407 e. The van der Waals surface area contributed by atoms with Crippen molar-refractivity contribution >= 4 is 36.6 Å². The average Bonchev–Trinajstić information content (AvgIpc) is 3.16. The second-order valence-corrected chi connectivity index (χ2v) is 15.7. The van der Waals surface area contributed by atoms with Crippen LogP contribution in [0.1, 0.15) is 52.0 Å². The molecule has 9 heteroatoms. The number of alkyl carbamates (subject to hydrolysis) is 1. The van der Waals surface area contributed by atoms with Gasteiger partial charge in [0.15, 0.2) is 0 Å². The van der Waals surface area contributed by atoms with E-state index in [9.17, 15) is 14.4 Å². The van der Waals surface area contributed by atoms with E-state index >= 15 is 0 Å². The number of carbonyl (C=O) groups is 3. The first kappa shape index (κ1) is 31.0. The van der Waals surface area contributed by atoms with Gasteiger partial charge in [0.2, 0.25) is 5.91 Å². The van der Waals surface area contributed by atoms with Gasteiger partial charge in [-0.05, 0) is 40.2 Å². The fraction of sp³-hybridized carbons (Fsp3) is 0.364. The number of nitrogens with one attached hydrogen (secondary N) is 2. The first-order chi connectivity index (χ1) is 20.2. The third-order valence-electron chi connectivity index (χ3n) is 7.48. The second-order valence-electron chi connectivity index (χ2n) is 11.5.